The molecule has 0 unspecified atom stereocenters. The predicted molar refractivity (Wildman–Crippen MR) is 118 cm³/mol. The lowest BCUT2D eigenvalue weighted by Crippen LogP contribution is -2.17. The summed E-state index contributed by atoms with van der Waals surface area (Å²) in [5.41, 5.74) is 5.75. The van der Waals surface area contributed by atoms with E-state index >= 15 is 0 Å². The number of carbonyl (C=O) groups is 2. The molecule has 0 saturated heterocycles. The fraction of sp³-hybridized carbons (Fsp3) is 0.0417. The van der Waals surface area contributed by atoms with Gasteiger partial charge >= 0.3 is 6.36 Å². The Labute approximate surface area is 190 Å². The Hall–Kier alpha value is -4.60. The summed E-state index contributed by atoms with van der Waals surface area (Å²) >= 11 is 0. The Kier molecular flexibility index (Phi) is 6.05. The van der Waals surface area contributed by atoms with Crippen molar-refractivity contribution < 1.29 is 32.2 Å². The zero-order valence-electron chi connectivity index (χ0n) is 17.3. The Morgan fingerprint density at radius 1 is 0.882 bits per heavy atom. The van der Waals surface area contributed by atoms with Crippen LogP contribution >= 0.6 is 0 Å². The van der Waals surface area contributed by atoms with Crippen molar-refractivity contribution in [1.29, 1.82) is 0 Å². The van der Waals surface area contributed by atoms with E-state index in [1.807, 2.05) is 0 Å². The van der Waals surface area contributed by atoms with Crippen molar-refractivity contribution >= 4 is 28.3 Å². The molecule has 10 heteroatoms. The van der Waals surface area contributed by atoms with Crippen LogP contribution in [0.5, 0.6) is 17.2 Å². The van der Waals surface area contributed by atoms with Gasteiger partial charge in [0.2, 0.25) is 0 Å². The number of alkyl halides is 3. The summed E-state index contributed by atoms with van der Waals surface area (Å²) in [5.74, 6) is -0.832. The van der Waals surface area contributed by atoms with Crippen molar-refractivity contribution in [2.75, 3.05) is 5.32 Å². The van der Waals surface area contributed by atoms with Crippen LogP contribution in [0.25, 0.3) is 10.8 Å². The Bertz CT molecular complexity index is 1390. The first-order valence-electron chi connectivity index (χ1n) is 9.81. The van der Waals surface area contributed by atoms with Gasteiger partial charge in [-0.1, -0.05) is 18.2 Å². The summed E-state index contributed by atoms with van der Waals surface area (Å²) in [4.78, 5) is 28.0. The molecule has 3 aromatic carbocycles. The van der Waals surface area contributed by atoms with Crippen molar-refractivity contribution in [3.8, 4) is 17.2 Å². The van der Waals surface area contributed by atoms with Crippen molar-refractivity contribution in [2.24, 2.45) is 5.73 Å². The van der Waals surface area contributed by atoms with Crippen molar-refractivity contribution in [1.82, 2.24) is 4.98 Å². The van der Waals surface area contributed by atoms with E-state index in [-0.39, 0.29) is 11.4 Å². The number of nitrogens with one attached hydrogen (secondary N) is 1. The third-order valence-corrected chi connectivity index (χ3v) is 4.64. The number of rotatable bonds is 6. The largest absolute Gasteiger partial charge is 0.573 e. The van der Waals surface area contributed by atoms with Crippen LogP contribution in [-0.4, -0.2) is 23.2 Å². The molecule has 0 radical (unpaired) electrons. The number of primary amides is 1. The topological polar surface area (TPSA) is 104 Å². The van der Waals surface area contributed by atoms with Crippen LogP contribution in [0.1, 0.15) is 20.8 Å². The van der Waals surface area contributed by atoms with E-state index in [2.05, 4.69) is 15.0 Å². The molecule has 0 spiro atoms. The van der Waals surface area contributed by atoms with Crippen LogP contribution in [0.2, 0.25) is 0 Å². The molecule has 3 N–H and O–H groups in total. The summed E-state index contributed by atoms with van der Waals surface area (Å²) in [6.45, 7) is 0. The van der Waals surface area contributed by atoms with Gasteiger partial charge in [0.1, 0.15) is 22.9 Å². The van der Waals surface area contributed by atoms with E-state index in [4.69, 9.17) is 10.5 Å². The van der Waals surface area contributed by atoms with Crippen LogP contribution in [0.15, 0.2) is 79.0 Å². The lowest BCUT2D eigenvalue weighted by Gasteiger charge is -2.12. The number of amides is 2. The minimum absolute atomic E-state index is 0.0574. The molecule has 172 valence electrons. The normalized spacial score (nSPS) is 11.1. The summed E-state index contributed by atoms with van der Waals surface area (Å²) in [5, 5.41) is 3.86. The SMILES string of the molecule is NC(=O)c1cc(Oc2ccc3c(C(=O)Nc4cccc(OC(F)(F)F)c4)cccc3c2)ccn1. The third-order valence-electron chi connectivity index (χ3n) is 4.64. The number of benzene rings is 3. The van der Waals surface area contributed by atoms with Crippen molar-refractivity contribution in [2.45, 2.75) is 6.36 Å². The molecule has 1 heterocycles. The highest BCUT2D eigenvalue weighted by Gasteiger charge is 2.31. The second kappa shape index (κ2) is 9.10. The molecule has 0 bridgehead atoms. The van der Waals surface area contributed by atoms with Gasteiger partial charge in [-0.05, 0) is 53.2 Å². The maximum Gasteiger partial charge on any atom is 0.573 e. The van der Waals surface area contributed by atoms with Gasteiger partial charge in [0.15, 0.2) is 0 Å². The van der Waals surface area contributed by atoms with Gasteiger partial charge in [-0.25, -0.2) is 0 Å². The van der Waals surface area contributed by atoms with Crippen molar-refractivity contribution in [3.63, 3.8) is 0 Å². The molecule has 0 aliphatic carbocycles. The number of nitrogens with zero attached hydrogens (tertiary/aromatic N) is 1. The zero-order valence-corrected chi connectivity index (χ0v) is 17.3. The van der Waals surface area contributed by atoms with Crippen molar-refractivity contribution in [3.05, 3.63) is 90.3 Å². The van der Waals surface area contributed by atoms with Gasteiger partial charge in [0.25, 0.3) is 11.8 Å². The van der Waals surface area contributed by atoms with Gasteiger partial charge in [-0.3, -0.25) is 14.6 Å². The average Bonchev–Trinajstić information content (AvgIpc) is 2.77. The Balaban J connectivity index is 1.56. The number of nitrogens with two attached hydrogens (primary N) is 1. The van der Waals surface area contributed by atoms with Gasteiger partial charge in [-0.2, -0.15) is 0 Å². The van der Waals surface area contributed by atoms with E-state index in [1.165, 1.54) is 24.4 Å². The molecule has 0 aliphatic rings. The molecule has 34 heavy (non-hydrogen) atoms. The van der Waals surface area contributed by atoms with Crippen LogP contribution in [0.3, 0.4) is 0 Å². The molecule has 0 atom stereocenters. The molecule has 4 aromatic rings. The smallest absolute Gasteiger partial charge is 0.457 e. The Morgan fingerprint density at radius 2 is 1.65 bits per heavy atom. The van der Waals surface area contributed by atoms with Crippen LogP contribution in [0, 0.1) is 0 Å². The second-order valence-electron chi connectivity index (χ2n) is 7.06. The highest BCUT2D eigenvalue weighted by atomic mass is 19.4. The molecule has 4 rings (SSSR count). The lowest BCUT2D eigenvalue weighted by molar-refractivity contribution is -0.274. The summed E-state index contributed by atoms with van der Waals surface area (Å²) < 4.78 is 47.0. The summed E-state index contributed by atoms with van der Waals surface area (Å²) in [6.07, 6.45) is -3.44. The number of fused-ring (bicyclic) bond motifs is 1. The fourth-order valence-electron chi connectivity index (χ4n) is 3.24. The van der Waals surface area contributed by atoms with E-state index in [0.29, 0.717) is 27.8 Å². The predicted octanol–water partition coefficient (Wildman–Crippen LogP) is 5.28. The second-order valence-corrected chi connectivity index (χ2v) is 7.06. The molecule has 0 aliphatic heterocycles. The number of hydrogen-bond donors (Lipinski definition) is 2. The number of aromatic nitrogens is 1. The van der Waals surface area contributed by atoms with Crippen LogP contribution in [-0.2, 0) is 0 Å². The highest BCUT2D eigenvalue weighted by Crippen LogP contribution is 2.29. The molecule has 0 fully saturated rings. The number of carbonyl (C=O) groups excluding carboxylic acids is 2. The number of pyridine rings is 1. The molecular formula is C24H16F3N3O4. The third kappa shape index (κ3) is 5.41. The maximum absolute atomic E-state index is 12.8. The first kappa shape index (κ1) is 22.6. The first-order valence-corrected chi connectivity index (χ1v) is 9.81. The lowest BCUT2D eigenvalue weighted by atomic mass is 10.0. The minimum atomic E-state index is -4.84. The molecule has 0 saturated carbocycles. The fourth-order valence-corrected chi connectivity index (χ4v) is 3.24. The van der Waals surface area contributed by atoms with Crippen LogP contribution in [0.4, 0.5) is 18.9 Å². The molecule has 7 nitrogen and oxygen atoms in total. The first-order chi connectivity index (χ1) is 16.2. The van der Waals surface area contributed by atoms with Gasteiger partial charge in [-0.15, -0.1) is 13.2 Å². The maximum atomic E-state index is 12.8. The number of hydrogen-bond acceptors (Lipinski definition) is 5. The monoisotopic (exact) mass is 467 g/mol. The highest BCUT2D eigenvalue weighted by molar-refractivity contribution is 6.13. The van der Waals surface area contributed by atoms with Gasteiger partial charge < -0.3 is 20.5 Å². The van der Waals surface area contributed by atoms with Gasteiger partial charge in [0, 0.05) is 29.6 Å². The Morgan fingerprint density at radius 3 is 2.41 bits per heavy atom. The van der Waals surface area contributed by atoms with Crippen LogP contribution < -0.4 is 20.5 Å². The standard InChI is InChI=1S/C24H16F3N3O4/c25-24(26,27)34-18-5-2-4-15(12-18)30-23(32)20-6-1-3-14-11-16(7-8-19(14)20)33-17-9-10-29-21(13-17)22(28)31/h1-13H,(H2,28,31)(H,30,32). The molecule has 1 aromatic heterocycles. The van der Waals surface area contributed by atoms with E-state index in [1.54, 1.807) is 42.5 Å². The minimum Gasteiger partial charge on any atom is -0.457 e. The molecule has 2 amide bonds. The molecular weight excluding hydrogens is 451 g/mol. The summed E-state index contributed by atoms with van der Waals surface area (Å²) in [7, 11) is 0. The quantitative estimate of drug-likeness (QED) is 0.402. The van der Waals surface area contributed by atoms with Gasteiger partial charge in [0.05, 0.1) is 0 Å². The van der Waals surface area contributed by atoms with E-state index in [9.17, 15) is 22.8 Å². The number of halogens is 3. The van der Waals surface area contributed by atoms with E-state index in [0.717, 1.165) is 12.1 Å². The average molecular weight is 467 g/mol. The zero-order chi connectivity index (χ0) is 24.3. The number of anilines is 1. The number of ether oxygens (including phenoxy) is 2. The summed E-state index contributed by atoms with van der Waals surface area (Å²) in [6, 6.07) is 18.0. The van der Waals surface area contributed by atoms with E-state index < -0.39 is 23.9 Å².